The molecule has 1 heterocycles. The molecular formula is C11H18N2O5S. The fourth-order valence-corrected chi connectivity index (χ4v) is 2.69. The van der Waals surface area contributed by atoms with Gasteiger partial charge in [0, 0.05) is 0 Å². The van der Waals surface area contributed by atoms with Gasteiger partial charge in [-0.2, -0.15) is 0 Å². The van der Waals surface area contributed by atoms with E-state index in [1.54, 1.807) is 13.8 Å². The van der Waals surface area contributed by atoms with Crippen LogP contribution in [0.5, 0.6) is 0 Å². The highest BCUT2D eigenvalue weighted by Crippen LogP contribution is 2.29. The number of hydrogen-bond donors (Lipinski definition) is 2. The molecule has 0 aliphatic rings. The van der Waals surface area contributed by atoms with E-state index >= 15 is 0 Å². The minimum atomic E-state index is -2.47. The van der Waals surface area contributed by atoms with E-state index in [0.717, 1.165) is 4.31 Å². The summed E-state index contributed by atoms with van der Waals surface area (Å²) in [6.45, 7) is 6.87. The van der Waals surface area contributed by atoms with Crippen LogP contribution in [0.2, 0.25) is 0 Å². The summed E-state index contributed by atoms with van der Waals surface area (Å²) in [4.78, 5) is 11.4. The Morgan fingerprint density at radius 1 is 1.47 bits per heavy atom. The average Bonchev–Trinajstić information content (AvgIpc) is 2.58. The molecule has 0 radical (unpaired) electrons. The van der Waals surface area contributed by atoms with Crippen LogP contribution in [0.4, 0.5) is 5.69 Å². The zero-order valence-corrected chi connectivity index (χ0v) is 12.1. The summed E-state index contributed by atoms with van der Waals surface area (Å²) in [5, 5.41) is 13.0. The van der Waals surface area contributed by atoms with E-state index in [9.17, 15) is 18.7 Å². The smallest absolute Gasteiger partial charge is 0.327 e. The number of anilines is 1. The van der Waals surface area contributed by atoms with E-state index in [1.807, 2.05) is 13.8 Å². The Morgan fingerprint density at radius 2 is 2.05 bits per heavy atom. The molecule has 0 aliphatic heterocycles. The topological polar surface area (TPSA) is 104 Å². The van der Waals surface area contributed by atoms with Crippen molar-refractivity contribution in [3.05, 3.63) is 11.5 Å². The van der Waals surface area contributed by atoms with Crippen LogP contribution in [0, 0.1) is 19.8 Å². The molecule has 2 atom stereocenters. The Morgan fingerprint density at radius 3 is 2.37 bits per heavy atom. The third-order valence-electron chi connectivity index (χ3n) is 2.65. The van der Waals surface area contributed by atoms with Crippen LogP contribution >= 0.6 is 0 Å². The van der Waals surface area contributed by atoms with Crippen LogP contribution in [-0.2, 0) is 16.1 Å². The van der Waals surface area contributed by atoms with Crippen LogP contribution in [0.1, 0.15) is 31.7 Å². The van der Waals surface area contributed by atoms with Crippen LogP contribution in [-0.4, -0.2) is 31.0 Å². The lowest BCUT2D eigenvalue weighted by atomic mass is 10.0. The zero-order valence-electron chi connectivity index (χ0n) is 11.3. The average molecular weight is 290 g/mol. The second kappa shape index (κ2) is 6.16. The summed E-state index contributed by atoms with van der Waals surface area (Å²) in [7, 11) is 0. The molecule has 0 aromatic carbocycles. The predicted molar refractivity (Wildman–Crippen MR) is 70.1 cm³/mol. The minimum absolute atomic E-state index is 0.0626. The molecule has 0 spiro atoms. The largest absolute Gasteiger partial charge is 0.480 e. The summed E-state index contributed by atoms with van der Waals surface area (Å²) in [6, 6.07) is -1.11. The molecule has 8 heteroatoms. The van der Waals surface area contributed by atoms with Gasteiger partial charge in [-0.25, -0.2) is 13.3 Å². The quantitative estimate of drug-likeness (QED) is 0.773. The number of rotatable bonds is 6. The number of aromatic nitrogens is 1. The number of carboxylic acid groups (broad SMARTS) is 1. The molecule has 0 amide bonds. The maximum atomic E-state index is 11.5. The number of aliphatic carboxylic acids is 1. The number of nitrogens with zero attached hydrogens (tertiary/aromatic N) is 2. The lowest BCUT2D eigenvalue weighted by molar-refractivity contribution is -0.138. The first kappa shape index (κ1) is 15.6. The minimum Gasteiger partial charge on any atom is -0.480 e. The zero-order chi connectivity index (χ0) is 14.7. The number of carboxylic acids is 1. The fourth-order valence-electron chi connectivity index (χ4n) is 1.88. The highest BCUT2D eigenvalue weighted by atomic mass is 32.2. The van der Waals surface area contributed by atoms with Crippen LogP contribution in [0.15, 0.2) is 4.52 Å². The van der Waals surface area contributed by atoms with E-state index in [-0.39, 0.29) is 18.0 Å². The normalized spacial score (nSPS) is 14.4. The molecule has 2 N–H and O–H groups in total. The van der Waals surface area contributed by atoms with Crippen molar-refractivity contribution >= 4 is 22.9 Å². The Kier molecular flexibility index (Phi) is 5.07. The number of carbonyl (C=O) groups is 1. The predicted octanol–water partition coefficient (Wildman–Crippen LogP) is 1.73. The SMILES string of the molecule is Cc1noc(C)c1N(C(CC(C)C)C(=O)O)S(=O)O. The van der Waals surface area contributed by atoms with Crippen LogP contribution in [0.25, 0.3) is 0 Å². The van der Waals surface area contributed by atoms with Gasteiger partial charge < -0.3 is 9.63 Å². The second-order valence-electron chi connectivity index (χ2n) is 4.71. The molecule has 1 aromatic heterocycles. The summed E-state index contributed by atoms with van der Waals surface area (Å²) in [5.41, 5.74) is 0.642. The van der Waals surface area contributed by atoms with Crippen LogP contribution < -0.4 is 4.31 Å². The molecule has 108 valence electrons. The first-order valence-electron chi connectivity index (χ1n) is 5.81. The van der Waals surface area contributed by atoms with Gasteiger partial charge in [0.25, 0.3) is 11.3 Å². The van der Waals surface area contributed by atoms with Gasteiger partial charge in [-0.15, -0.1) is 0 Å². The molecule has 1 aromatic rings. The molecule has 0 saturated heterocycles. The van der Waals surface area contributed by atoms with Crippen molar-refractivity contribution in [2.45, 2.75) is 40.2 Å². The Bertz CT molecular complexity index is 466. The van der Waals surface area contributed by atoms with E-state index in [4.69, 9.17) is 4.52 Å². The molecule has 2 unspecified atom stereocenters. The van der Waals surface area contributed by atoms with Gasteiger partial charge in [-0.3, -0.25) is 4.55 Å². The number of aryl methyl sites for hydroxylation is 2. The molecule has 0 saturated carbocycles. The van der Waals surface area contributed by atoms with Gasteiger partial charge in [0.15, 0.2) is 5.76 Å². The molecular weight excluding hydrogens is 272 g/mol. The van der Waals surface area contributed by atoms with Crippen molar-refractivity contribution in [3.8, 4) is 0 Å². The van der Waals surface area contributed by atoms with Gasteiger partial charge in [0.1, 0.15) is 17.4 Å². The highest BCUT2D eigenvalue weighted by Gasteiger charge is 2.34. The summed E-state index contributed by atoms with van der Waals surface area (Å²) in [6.07, 6.45) is 0.242. The standard InChI is InChI=1S/C11H18N2O5S/c1-6(2)5-9(11(14)15)13(19(16)17)10-7(3)12-18-8(10)4/h6,9H,5H2,1-4H3,(H,14,15)(H,16,17). The van der Waals surface area contributed by atoms with Crippen LogP contribution in [0.3, 0.4) is 0 Å². The van der Waals surface area contributed by atoms with Crippen molar-refractivity contribution in [1.82, 2.24) is 5.16 Å². The first-order valence-corrected chi connectivity index (χ1v) is 6.88. The molecule has 0 fully saturated rings. The molecule has 19 heavy (non-hydrogen) atoms. The van der Waals surface area contributed by atoms with Crippen molar-refractivity contribution in [2.24, 2.45) is 5.92 Å². The summed E-state index contributed by atoms with van der Waals surface area (Å²) >= 11 is -2.47. The molecule has 0 bridgehead atoms. The lowest BCUT2D eigenvalue weighted by Crippen LogP contribution is -2.43. The third kappa shape index (κ3) is 3.54. The summed E-state index contributed by atoms with van der Waals surface area (Å²) in [5.74, 6) is -0.779. The Hall–Kier alpha value is -1.41. The lowest BCUT2D eigenvalue weighted by Gasteiger charge is -2.27. The van der Waals surface area contributed by atoms with Gasteiger partial charge >= 0.3 is 5.97 Å². The van der Waals surface area contributed by atoms with E-state index < -0.39 is 23.3 Å². The van der Waals surface area contributed by atoms with E-state index in [1.165, 1.54) is 0 Å². The maximum absolute atomic E-state index is 11.5. The monoisotopic (exact) mass is 290 g/mol. The second-order valence-corrected chi connectivity index (χ2v) is 5.57. The third-order valence-corrected chi connectivity index (χ3v) is 3.42. The van der Waals surface area contributed by atoms with Crippen molar-refractivity contribution in [2.75, 3.05) is 4.31 Å². The van der Waals surface area contributed by atoms with Crippen molar-refractivity contribution in [3.63, 3.8) is 0 Å². The van der Waals surface area contributed by atoms with Crippen molar-refractivity contribution < 1.29 is 23.2 Å². The Labute approximate surface area is 114 Å². The van der Waals surface area contributed by atoms with E-state index in [2.05, 4.69) is 5.16 Å². The highest BCUT2D eigenvalue weighted by molar-refractivity contribution is 7.80. The number of hydrogen-bond acceptors (Lipinski definition) is 4. The first-order chi connectivity index (χ1) is 8.75. The van der Waals surface area contributed by atoms with Gasteiger partial charge in [0.05, 0.1) is 0 Å². The van der Waals surface area contributed by atoms with Gasteiger partial charge in [-0.1, -0.05) is 19.0 Å². The summed E-state index contributed by atoms with van der Waals surface area (Å²) < 4.78 is 26.8. The molecule has 1 rings (SSSR count). The van der Waals surface area contributed by atoms with Crippen molar-refractivity contribution in [1.29, 1.82) is 0 Å². The molecule has 7 nitrogen and oxygen atoms in total. The molecule has 0 aliphatic carbocycles. The van der Waals surface area contributed by atoms with Gasteiger partial charge in [-0.05, 0) is 26.2 Å². The maximum Gasteiger partial charge on any atom is 0.327 e. The van der Waals surface area contributed by atoms with Gasteiger partial charge in [0.2, 0.25) is 0 Å². The Balaban J connectivity index is 3.26. The fraction of sp³-hybridized carbons (Fsp3) is 0.636. The van der Waals surface area contributed by atoms with E-state index in [0.29, 0.717) is 11.5 Å².